The van der Waals surface area contributed by atoms with Gasteiger partial charge in [0.05, 0.1) is 5.02 Å². The molecule has 80 valence electrons. The van der Waals surface area contributed by atoms with Crippen LogP contribution in [0.2, 0.25) is 5.02 Å². The van der Waals surface area contributed by atoms with Crippen LogP contribution >= 0.6 is 39.9 Å². The molecule has 0 spiro atoms. The average Bonchev–Trinajstić information content (AvgIpc) is 2.43. The molecule has 1 amide bonds. The number of carbonyl (C=O) groups excluding carboxylic acids is 1. The van der Waals surface area contributed by atoms with Crippen LogP contribution in [-0.4, -0.2) is 24.0 Å². The largest absolute Gasteiger partial charge is 0.350 e. The molecule has 7 heteroatoms. The minimum atomic E-state index is -0.210. The van der Waals surface area contributed by atoms with Gasteiger partial charge in [-0.1, -0.05) is 11.6 Å². The Morgan fingerprint density at radius 3 is 2.79 bits per heavy atom. The van der Waals surface area contributed by atoms with E-state index < -0.39 is 0 Å². The highest BCUT2D eigenvalue weighted by Gasteiger charge is 2.09. The summed E-state index contributed by atoms with van der Waals surface area (Å²) in [6.07, 6.45) is 0. The van der Waals surface area contributed by atoms with Gasteiger partial charge in [0.2, 0.25) is 0 Å². The molecule has 4 N–H and O–H groups in total. The summed E-state index contributed by atoms with van der Waals surface area (Å²) < 4.78 is 0.604. The van der Waals surface area contributed by atoms with Crippen molar-refractivity contribution in [3.8, 4) is 0 Å². The average molecular weight is 303 g/mol. The van der Waals surface area contributed by atoms with Crippen molar-refractivity contribution in [2.75, 3.05) is 13.1 Å². The second-order valence-electron chi connectivity index (χ2n) is 2.39. The monoisotopic (exact) mass is 301 g/mol. The minimum Gasteiger partial charge on any atom is -0.350 e. The van der Waals surface area contributed by atoms with E-state index in [0.29, 0.717) is 28.4 Å². The van der Waals surface area contributed by atoms with Crippen LogP contribution in [0.1, 0.15) is 10.5 Å². The van der Waals surface area contributed by atoms with E-state index in [4.69, 9.17) is 17.3 Å². The van der Waals surface area contributed by atoms with Crippen LogP contribution in [0.25, 0.3) is 0 Å². The third-order valence-corrected chi connectivity index (χ3v) is 2.55. The van der Waals surface area contributed by atoms with Crippen molar-refractivity contribution >= 4 is 45.8 Å². The van der Waals surface area contributed by atoms with E-state index in [9.17, 15) is 4.79 Å². The molecule has 0 aromatic carbocycles. The first-order valence-corrected chi connectivity index (χ1v) is 4.84. The lowest BCUT2D eigenvalue weighted by atomic mass is 10.4. The number of amides is 1. The number of carbonyl (C=O) groups is 1. The summed E-state index contributed by atoms with van der Waals surface area (Å²) in [4.78, 5) is 14.1. The molecule has 0 aliphatic carbocycles. The Balaban J connectivity index is 0.00000169. The number of nitrogens with two attached hydrogens (primary N) is 1. The summed E-state index contributed by atoms with van der Waals surface area (Å²) in [5, 5.41) is 3.10. The highest BCUT2D eigenvalue weighted by molar-refractivity contribution is 9.10. The smallest absolute Gasteiger partial charge is 0.267 e. The Labute approximate surface area is 101 Å². The molecule has 4 nitrogen and oxygen atoms in total. The number of aromatic amines is 1. The molecule has 0 aliphatic rings. The van der Waals surface area contributed by atoms with E-state index >= 15 is 0 Å². The highest BCUT2D eigenvalue weighted by Crippen LogP contribution is 2.22. The van der Waals surface area contributed by atoms with E-state index in [0.717, 1.165) is 0 Å². The lowest BCUT2D eigenvalue weighted by Gasteiger charge is -1.99. The lowest BCUT2D eigenvalue weighted by Crippen LogP contribution is -2.29. The first kappa shape index (κ1) is 13.8. The molecule has 0 atom stereocenters. The Morgan fingerprint density at radius 1 is 1.71 bits per heavy atom. The summed E-state index contributed by atoms with van der Waals surface area (Å²) in [7, 11) is 0. The summed E-state index contributed by atoms with van der Waals surface area (Å²) >= 11 is 8.89. The van der Waals surface area contributed by atoms with Gasteiger partial charge in [-0.25, -0.2) is 0 Å². The van der Waals surface area contributed by atoms with Crippen LogP contribution in [0, 0.1) is 0 Å². The molecule has 14 heavy (non-hydrogen) atoms. The molecule has 0 saturated carbocycles. The Bertz CT molecular complexity index is 296. The second kappa shape index (κ2) is 6.29. The van der Waals surface area contributed by atoms with Crippen molar-refractivity contribution in [2.45, 2.75) is 0 Å². The molecule has 0 fully saturated rings. The Kier molecular flexibility index (Phi) is 6.19. The maximum Gasteiger partial charge on any atom is 0.267 e. The maximum absolute atomic E-state index is 11.3. The van der Waals surface area contributed by atoms with Gasteiger partial charge < -0.3 is 16.0 Å². The molecule has 1 aromatic heterocycles. The van der Waals surface area contributed by atoms with Gasteiger partial charge in [-0.15, -0.1) is 12.4 Å². The zero-order valence-corrected chi connectivity index (χ0v) is 10.3. The fourth-order valence-electron chi connectivity index (χ4n) is 0.807. The van der Waals surface area contributed by atoms with Crippen molar-refractivity contribution in [3.05, 3.63) is 21.4 Å². The maximum atomic E-state index is 11.3. The minimum absolute atomic E-state index is 0. The topological polar surface area (TPSA) is 70.9 Å². The molecule has 0 saturated heterocycles. The van der Waals surface area contributed by atoms with Crippen LogP contribution in [0.3, 0.4) is 0 Å². The van der Waals surface area contributed by atoms with Gasteiger partial charge in [-0.05, 0) is 22.0 Å². The molecule has 0 unspecified atom stereocenters. The third-order valence-electron chi connectivity index (χ3n) is 1.40. The van der Waals surface area contributed by atoms with E-state index in [1.54, 1.807) is 6.07 Å². The number of hydrogen-bond donors (Lipinski definition) is 3. The molecule has 0 bridgehead atoms. The van der Waals surface area contributed by atoms with Gasteiger partial charge >= 0.3 is 0 Å². The fourth-order valence-corrected chi connectivity index (χ4v) is 1.29. The Hall–Kier alpha value is -0.230. The van der Waals surface area contributed by atoms with Gasteiger partial charge in [0.25, 0.3) is 5.91 Å². The molecule has 1 heterocycles. The number of rotatable bonds is 3. The van der Waals surface area contributed by atoms with Crippen molar-refractivity contribution in [1.82, 2.24) is 10.3 Å². The third kappa shape index (κ3) is 3.49. The Morgan fingerprint density at radius 2 is 2.36 bits per heavy atom. The van der Waals surface area contributed by atoms with E-state index in [-0.39, 0.29) is 18.3 Å². The predicted molar refractivity (Wildman–Crippen MR) is 62.1 cm³/mol. The van der Waals surface area contributed by atoms with Gasteiger partial charge in [0.1, 0.15) is 10.3 Å². The number of H-pyrrole nitrogens is 1. The quantitative estimate of drug-likeness (QED) is 0.792. The number of aromatic nitrogens is 1. The summed E-state index contributed by atoms with van der Waals surface area (Å²) in [6.45, 7) is 0.869. The molecule has 0 radical (unpaired) electrons. The van der Waals surface area contributed by atoms with Gasteiger partial charge in [-0.2, -0.15) is 0 Å². The standard InChI is InChI=1S/C7H9BrClN3O.ClH/c8-6-4(9)3-5(12-6)7(13)11-2-1-10;/h3,12H,1-2,10H2,(H,11,13);1H. The van der Waals surface area contributed by atoms with Crippen LogP contribution < -0.4 is 11.1 Å². The van der Waals surface area contributed by atoms with E-state index in [1.165, 1.54) is 0 Å². The fraction of sp³-hybridized carbons (Fsp3) is 0.286. The van der Waals surface area contributed by atoms with Crippen molar-refractivity contribution in [1.29, 1.82) is 0 Å². The van der Waals surface area contributed by atoms with Gasteiger partial charge in [0.15, 0.2) is 0 Å². The first-order valence-electron chi connectivity index (χ1n) is 3.67. The van der Waals surface area contributed by atoms with E-state index in [1.807, 2.05) is 0 Å². The van der Waals surface area contributed by atoms with E-state index in [2.05, 4.69) is 26.2 Å². The van der Waals surface area contributed by atoms with Crippen LogP contribution in [0.4, 0.5) is 0 Å². The predicted octanol–water partition coefficient (Wildman–Crippen LogP) is 1.54. The summed E-state index contributed by atoms with van der Waals surface area (Å²) in [6, 6.07) is 1.55. The lowest BCUT2D eigenvalue weighted by molar-refractivity contribution is 0.0950. The van der Waals surface area contributed by atoms with Crippen molar-refractivity contribution in [3.63, 3.8) is 0 Å². The number of nitrogens with one attached hydrogen (secondary N) is 2. The first-order chi connectivity index (χ1) is 6.15. The van der Waals surface area contributed by atoms with Crippen LogP contribution in [0.5, 0.6) is 0 Å². The summed E-state index contributed by atoms with van der Waals surface area (Å²) in [5.41, 5.74) is 5.65. The van der Waals surface area contributed by atoms with Crippen molar-refractivity contribution < 1.29 is 4.79 Å². The molecular formula is C7H10BrCl2N3O. The number of hydrogen-bond acceptors (Lipinski definition) is 2. The van der Waals surface area contributed by atoms with Gasteiger partial charge in [0, 0.05) is 13.1 Å². The SMILES string of the molecule is Cl.NCCNC(=O)c1cc(Cl)c(Br)[nH]1. The zero-order chi connectivity index (χ0) is 9.84. The zero-order valence-electron chi connectivity index (χ0n) is 7.14. The van der Waals surface area contributed by atoms with Crippen LogP contribution in [-0.2, 0) is 0 Å². The second-order valence-corrected chi connectivity index (χ2v) is 3.59. The molecule has 1 rings (SSSR count). The normalized spacial score (nSPS) is 9.36. The number of halogens is 3. The molecular weight excluding hydrogens is 293 g/mol. The highest BCUT2D eigenvalue weighted by atomic mass is 79.9. The molecule has 0 aliphatic heterocycles. The summed E-state index contributed by atoms with van der Waals surface area (Å²) in [5.74, 6) is -0.210. The van der Waals surface area contributed by atoms with Gasteiger partial charge in [-0.3, -0.25) is 4.79 Å². The molecule has 1 aromatic rings. The van der Waals surface area contributed by atoms with Crippen LogP contribution in [0.15, 0.2) is 10.7 Å². The van der Waals surface area contributed by atoms with Crippen molar-refractivity contribution in [2.24, 2.45) is 5.73 Å².